The van der Waals surface area contributed by atoms with Crippen molar-refractivity contribution in [3.63, 3.8) is 0 Å². The SMILES string of the molecule is Cc1cc2ccccc2cc1Sc1nc2ncnc(N)c2[nH]1. The molecule has 2 aromatic carbocycles. The molecule has 0 amide bonds. The van der Waals surface area contributed by atoms with Crippen molar-refractivity contribution in [2.45, 2.75) is 17.0 Å². The van der Waals surface area contributed by atoms with Crippen molar-refractivity contribution in [3.8, 4) is 0 Å². The van der Waals surface area contributed by atoms with Crippen molar-refractivity contribution in [1.29, 1.82) is 0 Å². The minimum absolute atomic E-state index is 0.416. The molecule has 6 heteroatoms. The zero-order valence-corrected chi connectivity index (χ0v) is 12.7. The number of H-pyrrole nitrogens is 1. The maximum Gasteiger partial charge on any atom is 0.183 e. The highest BCUT2D eigenvalue weighted by atomic mass is 32.2. The fourth-order valence-electron chi connectivity index (χ4n) is 2.42. The molecule has 0 aliphatic heterocycles. The fraction of sp³-hybridized carbons (Fsp3) is 0.0625. The van der Waals surface area contributed by atoms with Crippen LogP contribution in [0.2, 0.25) is 0 Å². The average Bonchev–Trinajstić information content (AvgIpc) is 2.92. The quantitative estimate of drug-likeness (QED) is 0.592. The molecule has 3 N–H and O–H groups in total. The molecule has 0 saturated heterocycles. The zero-order valence-electron chi connectivity index (χ0n) is 11.9. The van der Waals surface area contributed by atoms with Gasteiger partial charge in [0.2, 0.25) is 0 Å². The molecule has 0 fully saturated rings. The number of hydrogen-bond acceptors (Lipinski definition) is 5. The number of aromatic nitrogens is 4. The van der Waals surface area contributed by atoms with Gasteiger partial charge in [0.15, 0.2) is 16.6 Å². The van der Waals surface area contributed by atoms with Gasteiger partial charge in [-0.3, -0.25) is 0 Å². The Labute approximate surface area is 131 Å². The van der Waals surface area contributed by atoms with Gasteiger partial charge in [-0.15, -0.1) is 0 Å². The van der Waals surface area contributed by atoms with Gasteiger partial charge in [-0.05, 0) is 29.3 Å². The van der Waals surface area contributed by atoms with Crippen molar-refractivity contribution < 1.29 is 0 Å². The van der Waals surface area contributed by atoms with Crippen LogP contribution in [0.1, 0.15) is 5.56 Å². The van der Waals surface area contributed by atoms with E-state index < -0.39 is 0 Å². The molecular formula is C16H13N5S. The molecule has 0 saturated carbocycles. The monoisotopic (exact) mass is 307 g/mol. The molecule has 22 heavy (non-hydrogen) atoms. The maximum absolute atomic E-state index is 5.84. The van der Waals surface area contributed by atoms with E-state index in [1.54, 1.807) is 11.8 Å². The van der Waals surface area contributed by atoms with E-state index in [1.807, 2.05) is 6.07 Å². The summed E-state index contributed by atoms with van der Waals surface area (Å²) < 4.78 is 0. The molecule has 2 heterocycles. The van der Waals surface area contributed by atoms with Crippen LogP contribution < -0.4 is 5.73 Å². The number of anilines is 1. The second-order valence-electron chi connectivity index (χ2n) is 5.07. The van der Waals surface area contributed by atoms with Crippen LogP contribution in [0.4, 0.5) is 5.82 Å². The van der Waals surface area contributed by atoms with E-state index in [9.17, 15) is 0 Å². The molecule has 0 aliphatic rings. The molecule has 2 aromatic heterocycles. The fourth-order valence-corrected chi connectivity index (χ4v) is 3.32. The minimum Gasteiger partial charge on any atom is -0.382 e. The summed E-state index contributed by atoms with van der Waals surface area (Å²) in [5, 5.41) is 3.22. The third-order valence-corrected chi connectivity index (χ3v) is 4.59. The van der Waals surface area contributed by atoms with Gasteiger partial charge in [-0.2, -0.15) is 0 Å². The number of aryl methyl sites for hydroxylation is 1. The van der Waals surface area contributed by atoms with Gasteiger partial charge in [0.05, 0.1) is 0 Å². The normalized spacial score (nSPS) is 11.3. The molecule has 5 nitrogen and oxygen atoms in total. The van der Waals surface area contributed by atoms with Gasteiger partial charge < -0.3 is 10.7 Å². The number of hydrogen-bond donors (Lipinski definition) is 2. The third-order valence-electron chi connectivity index (χ3n) is 3.55. The number of nitrogens with one attached hydrogen (secondary N) is 1. The number of nitrogens with two attached hydrogens (primary N) is 1. The van der Waals surface area contributed by atoms with Gasteiger partial charge in [0.1, 0.15) is 11.8 Å². The number of nitrogens with zero attached hydrogens (tertiary/aromatic N) is 3. The topological polar surface area (TPSA) is 80.5 Å². The van der Waals surface area contributed by atoms with E-state index in [0.717, 1.165) is 10.1 Å². The smallest absolute Gasteiger partial charge is 0.183 e. The molecule has 0 spiro atoms. The van der Waals surface area contributed by atoms with Crippen LogP contribution in [0.15, 0.2) is 52.8 Å². The first kappa shape index (κ1) is 13.1. The van der Waals surface area contributed by atoms with Crippen LogP contribution in [-0.2, 0) is 0 Å². The van der Waals surface area contributed by atoms with Crippen LogP contribution in [-0.4, -0.2) is 19.9 Å². The molecule has 0 atom stereocenters. The first-order chi connectivity index (χ1) is 10.7. The van der Waals surface area contributed by atoms with E-state index in [4.69, 9.17) is 5.73 Å². The first-order valence-corrected chi connectivity index (χ1v) is 7.66. The number of benzene rings is 2. The van der Waals surface area contributed by atoms with E-state index in [-0.39, 0.29) is 0 Å². The lowest BCUT2D eigenvalue weighted by molar-refractivity contribution is 1.07. The van der Waals surface area contributed by atoms with Gasteiger partial charge >= 0.3 is 0 Å². The highest BCUT2D eigenvalue weighted by Crippen LogP contribution is 2.32. The predicted octanol–water partition coefficient (Wildman–Crippen LogP) is 3.55. The molecule has 0 radical (unpaired) electrons. The van der Waals surface area contributed by atoms with E-state index in [1.165, 1.54) is 22.7 Å². The summed E-state index contributed by atoms with van der Waals surface area (Å²) in [6.45, 7) is 2.10. The molecule has 0 bridgehead atoms. The van der Waals surface area contributed by atoms with Crippen LogP contribution in [0.3, 0.4) is 0 Å². The third kappa shape index (κ3) is 2.17. The summed E-state index contributed by atoms with van der Waals surface area (Å²) in [6.07, 6.45) is 1.42. The first-order valence-electron chi connectivity index (χ1n) is 6.84. The Morgan fingerprint density at radius 2 is 1.86 bits per heavy atom. The lowest BCUT2D eigenvalue weighted by Gasteiger charge is -2.06. The summed E-state index contributed by atoms with van der Waals surface area (Å²) >= 11 is 1.57. The molecule has 0 aliphatic carbocycles. The van der Waals surface area contributed by atoms with Crippen LogP contribution in [0.5, 0.6) is 0 Å². The molecule has 108 valence electrons. The second kappa shape index (κ2) is 4.99. The predicted molar refractivity (Wildman–Crippen MR) is 88.9 cm³/mol. The Kier molecular flexibility index (Phi) is 2.97. The highest BCUT2D eigenvalue weighted by Gasteiger charge is 2.10. The number of aromatic amines is 1. The average molecular weight is 307 g/mol. The van der Waals surface area contributed by atoms with Crippen molar-refractivity contribution in [1.82, 2.24) is 19.9 Å². The van der Waals surface area contributed by atoms with E-state index in [2.05, 4.69) is 57.2 Å². The molecule has 0 unspecified atom stereocenters. The summed E-state index contributed by atoms with van der Waals surface area (Å²) in [4.78, 5) is 16.9. The molecule has 4 rings (SSSR count). The summed E-state index contributed by atoms with van der Waals surface area (Å²) in [6, 6.07) is 12.7. The van der Waals surface area contributed by atoms with Crippen LogP contribution >= 0.6 is 11.8 Å². The van der Waals surface area contributed by atoms with Crippen LogP contribution in [0.25, 0.3) is 21.9 Å². The largest absolute Gasteiger partial charge is 0.382 e. The lowest BCUT2D eigenvalue weighted by atomic mass is 10.1. The van der Waals surface area contributed by atoms with E-state index >= 15 is 0 Å². The van der Waals surface area contributed by atoms with E-state index in [0.29, 0.717) is 17.0 Å². The number of imidazole rings is 1. The lowest BCUT2D eigenvalue weighted by Crippen LogP contribution is -1.91. The van der Waals surface area contributed by atoms with Crippen molar-refractivity contribution >= 4 is 39.5 Å². The Hall–Kier alpha value is -2.60. The summed E-state index contributed by atoms with van der Waals surface area (Å²) in [5.41, 5.74) is 8.32. The number of nitrogen functional groups attached to an aromatic ring is 1. The van der Waals surface area contributed by atoms with Crippen molar-refractivity contribution in [2.75, 3.05) is 5.73 Å². The summed E-state index contributed by atoms with van der Waals surface area (Å²) in [7, 11) is 0. The highest BCUT2D eigenvalue weighted by molar-refractivity contribution is 7.99. The Balaban J connectivity index is 1.78. The summed E-state index contributed by atoms with van der Waals surface area (Å²) in [5.74, 6) is 0.416. The van der Waals surface area contributed by atoms with Crippen molar-refractivity contribution in [2.24, 2.45) is 0 Å². The Morgan fingerprint density at radius 1 is 1.09 bits per heavy atom. The van der Waals surface area contributed by atoms with Gasteiger partial charge in [0.25, 0.3) is 0 Å². The number of fused-ring (bicyclic) bond motifs is 2. The van der Waals surface area contributed by atoms with Crippen LogP contribution in [0, 0.1) is 6.92 Å². The molecular weight excluding hydrogens is 294 g/mol. The van der Waals surface area contributed by atoms with Gasteiger partial charge in [-0.25, -0.2) is 15.0 Å². The zero-order chi connectivity index (χ0) is 15.1. The number of rotatable bonds is 2. The van der Waals surface area contributed by atoms with Gasteiger partial charge in [0, 0.05) is 4.90 Å². The van der Waals surface area contributed by atoms with Gasteiger partial charge in [-0.1, -0.05) is 42.1 Å². The van der Waals surface area contributed by atoms with Crippen molar-refractivity contribution in [3.05, 3.63) is 48.3 Å². The molecule has 4 aromatic rings. The Morgan fingerprint density at radius 3 is 2.64 bits per heavy atom. The minimum atomic E-state index is 0.416. The standard InChI is InChI=1S/C16H13N5S/c1-9-6-10-4-2-3-5-11(10)7-12(9)22-16-20-13-14(17)18-8-19-15(13)21-16/h2-8H,1H3,(H3,17,18,19,20,21). The maximum atomic E-state index is 5.84. The Bertz CT molecular complexity index is 992. The second-order valence-corrected chi connectivity index (χ2v) is 6.10.